The Morgan fingerprint density at radius 3 is 2.00 bits per heavy atom. The highest BCUT2D eigenvalue weighted by Gasteiger charge is 2.28. The topological polar surface area (TPSA) is 157 Å². The highest BCUT2D eigenvalue weighted by Crippen LogP contribution is 2.10. The molecule has 10 heteroatoms. The lowest BCUT2D eigenvalue weighted by molar-refractivity contribution is -0.158. The molecule has 0 radical (unpaired) electrons. The molecule has 0 aromatic carbocycles. The van der Waals surface area contributed by atoms with Gasteiger partial charge in [0, 0.05) is 6.54 Å². The van der Waals surface area contributed by atoms with Crippen LogP contribution < -0.4 is 16.4 Å². The van der Waals surface area contributed by atoms with Crippen LogP contribution in [0.3, 0.4) is 0 Å². The van der Waals surface area contributed by atoms with E-state index in [1.54, 1.807) is 41.5 Å². The minimum absolute atomic E-state index is 0.292. The van der Waals surface area contributed by atoms with Crippen molar-refractivity contribution in [3.63, 3.8) is 0 Å². The van der Waals surface area contributed by atoms with Gasteiger partial charge in [-0.3, -0.25) is 9.59 Å². The lowest BCUT2D eigenvalue weighted by atomic mass is 10.1. The van der Waals surface area contributed by atoms with Crippen LogP contribution in [0, 0.1) is 0 Å². The highest BCUT2D eigenvalue weighted by molar-refractivity contribution is 5.89. The molecule has 0 spiro atoms. The van der Waals surface area contributed by atoms with Crippen LogP contribution in [-0.2, 0) is 23.9 Å². The Kier molecular flexibility index (Phi) is 10.7. The van der Waals surface area contributed by atoms with Crippen LogP contribution in [0.15, 0.2) is 0 Å². The number of carbonyl (C=O) groups is 4. The predicted molar refractivity (Wildman–Crippen MR) is 106 cm³/mol. The second-order valence-corrected chi connectivity index (χ2v) is 8.72. The fourth-order valence-electron chi connectivity index (χ4n) is 2.15. The van der Waals surface area contributed by atoms with Gasteiger partial charge in [-0.1, -0.05) is 0 Å². The number of carbonyl (C=O) groups excluding carboxylic acids is 3. The van der Waals surface area contributed by atoms with Crippen molar-refractivity contribution in [1.29, 1.82) is 0 Å². The van der Waals surface area contributed by atoms with E-state index >= 15 is 0 Å². The Hall–Kier alpha value is -2.36. The van der Waals surface area contributed by atoms with E-state index in [0.717, 1.165) is 0 Å². The number of esters is 1. The smallest absolute Gasteiger partial charge is 0.407 e. The van der Waals surface area contributed by atoms with Crippen LogP contribution in [0.1, 0.15) is 67.2 Å². The van der Waals surface area contributed by atoms with Gasteiger partial charge < -0.3 is 30.9 Å². The molecule has 2 atom stereocenters. The van der Waals surface area contributed by atoms with Gasteiger partial charge in [0.2, 0.25) is 5.91 Å². The molecular formula is C19H35N3O7. The molecule has 5 N–H and O–H groups in total. The number of hydrogen-bond acceptors (Lipinski definition) is 7. The summed E-state index contributed by atoms with van der Waals surface area (Å²) in [5.41, 5.74) is 4.46. The number of carboxylic acid groups (broad SMARTS) is 1. The number of hydrogen-bond donors (Lipinski definition) is 4. The van der Waals surface area contributed by atoms with Crippen molar-refractivity contribution >= 4 is 23.9 Å². The normalized spacial score (nSPS) is 13.8. The van der Waals surface area contributed by atoms with Gasteiger partial charge >= 0.3 is 18.0 Å². The van der Waals surface area contributed by atoms with Crippen molar-refractivity contribution < 1.29 is 33.8 Å². The van der Waals surface area contributed by atoms with Crippen LogP contribution in [0.4, 0.5) is 4.79 Å². The molecule has 0 aliphatic rings. The number of ether oxygens (including phenoxy) is 2. The van der Waals surface area contributed by atoms with Gasteiger partial charge in [-0.25, -0.2) is 9.59 Å². The van der Waals surface area contributed by atoms with E-state index in [1.165, 1.54) is 0 Å². The summed E-state index contributed by atoms with van der Waals surface area (Å²) < 4.78 is 10.2. The van der Waals surface area contributed by atoms with Gasteiger partial charge in [0.1, 0.15) is 17.2 Å². The summed E-state index contributed by atoms with van der Waals surface area (Å²) in [7, 11) is 0. The van der Waals surface area contributed by atoms with Crippen LogP contribution in [0.5, 0.6) is 0 Å². The van der Waals surface area contributed by atoms with Crippen molar-refractivity contribution in [2.24, 2.45) is 5.73 Å². The largest absolute Gasteiger partial charge is 0.480 e. The third-order valence-electron chi connectivity index (χ3n) is 3.35. The van der Waals surface area contributed by atoms with Gasteiger partial charge in [0.15, 0.2) is 0 Å². The second-order valence-electron chi connectivity index (χ2n) is 8.72. The first-order valence-corrected chi connectivity index (χ1v) is 9.58. The molecule has 0 aromatic rings. The standard InChI is InChI=1S/C19H35N3O7/c1-18(2,3)28-14(23)11-13(16(25)26)22-15(24)12(20)9-7-8-10-21-17(27)29-19(4,5)6/h12-13H,7-11,20H2,1-6H3,(H,21,27)(H,22,24)(H,25,26)/t12-,13-/m0/s1. The van der Waals surface area contributed by atoms with Gasteiger partial charge in [0.05, 0.1) is 12.5 Å². The van der Waals surface area contributed by atoms with Crippen LogP contribution in [0.2, 0.25) is 0 Å². The third kappa shape index (κ3) is 14.3. The summed E-state index contributed by atoms with van der Waals surface area (Å²) in [5, 5.41) is 14.1. The second kappa shape index (κ2) is 11.6. The quantitative estimate of drug-likeness (QED) is 0.306. The number of amides is 2. The highest BCUT2D eigenvalue weighted by atomic mass is 16.6. The van der Waals surface area contributed by atoms with Crippen molar-refractivity contribution in [2.75, 3.05) is 6.54 Å². The number of carboxylic acids is 1. The van der Waals surface area contributed by atoms with Crippen LogP contribution in [0.25, 0.3) is 0 Å². The Bertz CT molecular complexity index is 579. The molecule has 10 nitrogen and oxygen atoms in total. The summed E-state index contributed by atoms with van der Waals surface area (Å²) in [6, 6.07) is -2.35. The molecule has 2 amide bonds. The van der Waals surface area contributed by atoms with Crippen molar-refractivity contribution in [3.05, 3.63) is 0 Å². The Balaban J connectivity index is 4.30. The van der Waals surface area contributed by atoms with Gasteiger partial charge in [0.25, 0.3) is 0 Å². The van der Waals surface area contributed by atoms with Gasteiger partial charge in [-0.15, -0.1) is 0 Å². The number of unbranched alkanes of at least 4 members (excludes halogenated alkanes) is 1. The maximum absolute atomic E-state index is 12.1. The van der Waals surface area contributed by atoms with Gasteiger partial charge in [-0.05, 0) is 60.8 Å². The molecule has 29 heavy (non-hydrogen) atoms. The van der Waals surface area contributed by atoms with Crippen LogP contribution in [-0.4, -0.2) is 58.9 Å². The molecule has 0 unspecified atom stereocenters. The fourth-order valence-corrected chi connectivity index (χ4v) is 2.15. The molecule has 0 heterocycles. The van der Waals surface area contributed by atoms with E-state index in [2.05, 4.69) is 10.6 Å². The molecule has 0 saturated carbocycles. The minimum Gasteiger partial charge on any atom is -0.480 e. The lowest BCUT2D eigenvalue weighted by Crippen LogP contribution is -2.49. The summed E-state index contributed by atoms with van der Waals surface area (Å²) in [6.07, 6.45) is 0.381. The molecular weight excluding hydrogens is 382 g/mol. The molecule has 0 aliphatic carbocycles. The zero-order valence-corrected chi connectivity index (χ0v) is 18.2. The first-order valence-electron chi connectivity index (χ1n) is 9.58. The Morgan fingerprint density at radius 1 is 0.966 bits per heavy atom. The summed E-state index contributed by atoms with van der Waals surface area (Å²) in [4.78, 5) is 46.7. The minimum atomic E-state index is -1.42. The van der Waals surface area contributed by atoms with Crippen molar-refractivity contribution in [1.82, 2.24) is 10.6 Å². The van der Waals surface area contributed by atoms with Crippen LogP contribution >= 0.6 is 0 Å². The van der Waals surface area contributed by atoms with Crippen molar-refractivity contribution in [3.8, 4) is 0 Å². The number of nitrogens with two attached hydrogens (primary N) is 1. The van der Waals surface area contributed by atoms with E-state index in [9.17, 15) is 24.3 Å². The van der Waals surface area contributed by atoms with E-state index in [1.807, 2.05) is 0 Å². The zero-order valence-electron chi connectivity index (χ0n) is 18.2. The maximum atomic E-state index is 12.1. The third-order valence-corrected chi connectivity index (χ3v) is 3.35. The monoisotopic (exact) mass is 417 g/mol. The zero-order chi connectivity index (χ0) is 22.8. The molecule has 0 fully saturated rings. The molecule has 0 aliphatic heterocycles. The van der Waals surface area contributed by atoms with E-state index in [4.69, 9.17) is 15.2 Å². The number of rotatable bonds is 10. The van der Waals surface area contributed by atoms with E-state index < -0.39 is 53.6 Å². The lowest BCUT2D eigenvalue weighted by Gasteiger charge is -2.22. The molecule has 0 aromatic heterocycles. The summed E-state index contributed by atoms with van der Waals surface area (Å²) in [5.74, 6) is -2.74. The van der Waals surface area contributed by atoms with Crippen molar-refractivity contribution in [2.45, 2.75) is 90.5 Å². The predicted octanol–water partition coefficient (Wildman–Crippen LogP) is 1.31. The van der Waals surface area contributed by atoms with E-state index in [-0.39, 0.29) is 0 Å². The van der Waals surface area contributed by atoms with E-state index in [0.29, 0.717) is 25.8 Å². The molecule has 0 saturated heterocycles. The first kappa shape index (κ1) is 26.6. The fraction of sp³-hybridized carbons (Fsp3) is 0.789. The number of aliphatic carboxylic acids is 1. The first-order chi connectivity index (χ1) is 13.1. The Labute approximate surface area is 171 Å². The summed E-state index contributed by atoms with van der Waals surface area (Å²) >= 11 is 0. The van der Waals surface area contributed by atoms with Gasteiger partial charge in [-0.2, -0.15) is 0 Å². The summed E-state index contributed by atoms with van der Waals surface area (Å²) in [6.45, 7) is 10.6. The molecule has 0 rings (SSSR count). The number of alkyl carbamates (subject to hydrolysis) is 1. The number of nitrogens with one attached hydrogen (secondary N) is 2. The SMILES string of the molecule is CC(C)(C)OC(=O)C[C@H](NC(=O)[C@@H](N)CCCCNC(=O)OC(C)(C)C)C(=O)O. The maximum Gasteiger partial charge on any atom is 0.407 e. The average molecular weight is 418 g/mol. The molecule has 168 valence electrons. The molecule has 0 bridgehead atoms. The Morgan fingerprint density at radius 2 is 1.52 bits per heavy atom. The average Bonchev–Trinajstić information content (AvgIpc) is 2.49.